The molecular weight excluding hydrogens is 1340 g/mol. The molecule has 0 spiro atoms. The van der Waals surface area contributed by atoms with Gasteiger partial charge in [-0.1, -0.05) is 13.8 Å². The van der Waals surface area contributed by atoms with Crippen LogP contribution >= 0.6 is 23.5 Å². The Kier molecular flexibility index (Phi) is 42.6. The maximum Gasteiger partial charge on any atom is 0.325 e. The van der Waals surface area contributed by atoms with Crippen LogP contribution in [0, 0.1) is 5.92 Å². The number of nitrogens with zero attached hydrogens (tertiary/aromatic N) is 2. The van der Waals surface area contributed by atoms with E-state index < -0.39 is 187 Å². The maximum atomic E-state index is 14.2. The molecule has 39 nitrogen and oxygen atoms in total. The van der Waals surface area contributed by atoms with Gasteiger partial charge in [0.25, 0.3) is 0 Å². The van der Waals surface area contributed by atoms with E-state index in [9.17, 15) is 87.2 Å². The van der Waals surface area contributed by atoms with Gasteiger partial charge in [-0.3, -0.25) is 76.9 Å². The average molecular weight is 1440 g/mol. The number of primary amides is 1. The van der Waals surface area contributed by atoms with Crippen molar-refractivity contribution in [1.82, 2.24) is 79.1 Å². The van der Waals surface area contributed by atoms with Crippen molar-refractivity contribution >= 4 is 118 Å². The number of amides is 14. The number of carboxylic acid groups (broad SMARTS) is 1. The molecule has 0 fully saturated rings. The molecule has 0 aliphatic rings. The Labute approximate surface area is 581 Å². The van der Waals surface area contributed by atoms with Crippen LogP contribution in [0.4, 0.5) is 0 Å². The topological polar surface area (TPSA) is 644 Å². The number of carbonyl (C=O) groups excluding carboxylic acids is 14. The fourth-order valence-corrected chi connectivity index (χ4v) is 9.75. The standard InChI is InChI=1S/C58H101N21O18S2/c1-29(2)21-39(77-53(92)38(16-20-99-7)76-55(94)40(22-33-23-64-28-68-33)78-52(91)37(13-14-43(61)82)74-48(87)34(60)15-19-98-6)54(93)69-30(3)46(85)66-24-45(84)73-41(26-80)49(88)67-25-44(83)72-35(11-8-9-17-59)50(89)70-31(4)47(86)79-42(27-81)56(95)75-36(12-10-18-65-58(62)63)51(90)71-32(5)57(96)97/h23,28-32,34-42,80-81H,8-22,24-27,59-60H2,1-7H3,(H2,61,82)(H,64,68)(H,66,85)(H,67,88)(H,69,93)(H,70,89)(H,71,90)(H,72,83)(H,73,84)(H,74,87)(H,75,95)(H,76,94)(H,77,92)(H,78,91)(H,79,86)(H,96,97)(H4,62,63,65)/t30-,31-,32-,34-,35-,36-,37-,38-,39-,40-,41-,42-/m0/s1. The Morgan fingerprint density at radius 3 is 1.46 bits per heavy atom. The predicted octanol–water partition coefficient (Wildman–Crippen LogP) is -9.03. The third kappa shape index (κ3) is 35.9. The first-order chi connectivity index (χ1) is 46.7. The number of H-pyrrole nitrogens is 1. The van der Waals surface area contributed by atoms with Gasteiger partial charge in [0.05, 0.1) is 38.7 Å². The Morgan fingerprint density at radius 2 is 0.939 bits per heavy atom. The summed E-state index contributed by atoms with van der Waals surface area (Å²) in [7, 11) is 0. The number of aliphatic imine (C=N–C) groups is 1. The second kappa shape index (κ2) is 47.9. The number of hydrogen-bond acceptors (Lipinski definition) is 23. The van der Waals surface area contributed by atoms with Crippen LogP contribution in [-0.4, -0.2) is 256 Å². The zero-order valence-corrected chi connectivity index (χ0v) is 58.3. The van der Waals surface area contributed by atoms with Crippen LogP contribution in [0.1, 0.15) is 105 Å². The number of aliphatic carboxylic acids is 1. The number of aliphatic hydroxyl groups excluding tert-OH is 2. The largest absolute Gasteiger partial charge is 0.480 e. The van der Waals surface area contributed by atoms with E-state index in [-0.39, 0.29) is 89.2 Å². The third-order valence-electron chi connectivity index (χ3n) is 14.4. The van der Waals surface area contributed by atoms with Gasteiger partial charge in [0, 0.05) is 31.3 Å². The summed E-state index contributed by atoms with van der Waals surface area (Å²) >= 11 is 2.80. The molecule has 0 saturated heterocycles. The number of unbranched alkanes of at least 4 members (excludes halogenated alkanes) is 1. The Hall–Kier alpha value is -8.93. The fraction of sp³-hybridized carbons (Fsp3) is 0.672. The van der Waals surface area contributed by atoms with Crippen molar-refractivity contribution in [3.63, 3.8) is 0 Å². The van der Waals surface area contributed by atoms with Crippen LogP contribution in [0.3, 0.4) is 0 Å². The molecule has 0 aliphatic carbocycles. The van der Waals surface area contributed by atoms with Crippen LogP contribution in [0.25, 0.3) is 0 Å². The lowest BCUT2D eigenvalue weighted by atomic mass is 10.0. The molecule has 0 aliphatic heterocycles. The van der Waals surface area contributed by atoms with E-state index in [0.717, 1.165) is 0 Å². The van der Waals surface area contributed by atoms with Crippen molar-refractivity contribution < 1.29 is 87.2 Å². The van der Waals surface area contributed by atoms with Crippen LogP contribution < -0.4 is 97.8 Å². The third-order valence-corrected chi connectivity index (χ3v) is 15.7. The van der Waals surface area contributed by atoms with Gasteiger partial charge in [0.2, 0.25) is 82.7 Å². The molecule has 0 bridgehead atoms. The molecule has 0 radical (unpaired) electrons. The summed E-state index contributed by atoms with van der Waals surface area (Å²) < 4.78 is 0. The van der Waals surface area contributed by atoms with Crippen molar-refractivity contribution in [3.8, 4) is 0 Å². The average Bonchev–Trinajstić information content (AvgIpc) is 1.52. The summed E-state index contributed by atoms with van der Waals surface area (Å²) in [4.78, 5) is 208. The lowest BCUT2D eigenvalue weighted by molar-refractivity contribution is -0.142. The van der Waals surface area contributed by atoms with Gasteiger partial charge < -0.3 is 118 Å². The van der Waals surface area contributed by atoms with Crippen LogP contribution in [0.15, 0.2) is 17.5 Å². The van der Waals surface area contributed by atoms with E-state index in [1.54, 1.807) is 20.1 Å². The van der Waals surface area contributed by atoms with E-state index >= 15 is 0 Å². The summed E-state index contributed by atoms with van der Waals surface area (Å²) in [5, 5.41) is 60.5. The number of guanidine groups is 1. The first kappa shape index (κ1) is 88.1. The number of thioether (sulfide) groups is 2. The minimum Gasteiger partial charge on any atom is -0.480 e. The number of nitrogens with one attached hydrogen (secondary N) is 14. The molecule has 14 amide bonds. The first-order valence-electron chi connectivity index (χ1n) is 31.8. The highest BCUT2D eigenvalue weighted by atomic mass is 32.2. The first-order valence-corrected chi connectivity index (χ1v) is 34.6. The van der Waals surface area contributed by atoms with Gasteiger partial charge in [-0.2, -0.15) is 23.5 Å². The van der Waals surface area contributed by atoms with Gasteiger partial charge in [-0.15, -0.1) is 0 Å². The molecule has 1 rings (SSSR count). The number of hydrogen-bond donors (Lipinski definition) is 22. The second-order valence-electron chi connectivity index (χ2n) is 23.3. The SMILES string of the molecule is CSCC[C@H](NC(=O)[C@H](Cc1cnc[nH]1)NC(=O)[C@H](CCC(N)=O)NC(=O)[C@@H](N)CCSC)C(=O)N[C@@H](CC(C)C)C(=O)N[C@@H](C)C(=O)NCC(=O)N[C@@H](CO)C(=O)NCC(=O)N[C@@H](CCCCN)C(=O)N[C@@H](C)C(=O)N[C@@H](CO)C(=O)N[C@@H](CCCN=C(N)N)C(=O)N[C@@H](C)C(=O)O. The number of aromatic nitrogens is 2. The lowest BCUT2D eigenvalue weighted by Crippen LogP contribution is -2.60. The molecule has 558 valence electrons. The summed E-state index contributed by atoms with van der Waals surface area (Å²) in [5.41, 5.74) is 28.1. The summed E-state index contributed by atoms with van der Waals surface area (Å²) in [6.07, 6.45) is 6.62. The summed E-state index contributed by atoms with van der Waals surface area (Å²) in [6, 6.07) is -16.6. The molecule has 0 aromatic carbocycles. The van der Waals surface area contributed by atoms with Crippen molar-refractivity contribution in [2.75, 3.05) is 63.4 Å². The Bertz CT molecular complexity index is 2870. The van der Waals surface area contributed by atoms with Crippen LogP contribution in [0.5, 0.6) is 0 Å². The number of nitrogens with two attached hydrogens (primary N) is 5. The van der Waals surface area contributed by atoms with Crippen LogP contribution in [0.2, 0.25) is 0 Å². The zero-order valence-electron chi connectivity index (χ0n) is 56.7. The van der Waals surface area contributed by atoms with Crippen molar-refractivity contribution in [2.45, 2.75) is 178 Å². The van der Waals surface area contributed by atoms with Crippen molar-refractivity contribution in [3.05, 3.63) is 18.2 Å². The van der Waals surface area contributed by atoms with E-state index in [1.807, 2.05) is 6.26 Å². The molecule has 41 heteroatoms. The molecule has 1 aromatic heterocycles. The molecule has 27 N–H and O–H groups in total. The normalized spacial score (nSPS) is 14.6. The molecule has 1 aromatic rings. The van der Waals surface area contributed by atoms with Gasteiger partial charge in [0.15, 0.2) is 5.96 Å². The van der Waals surface area contributed by atoms with E-state index in [2.05, 4.69) is 84.1 Å². The zero-order chi connectivity index (χ0) is 74.9. The number of imidazole rings is 1. The number of rotatable bonds is 50. The maximum absolute atomic E-state index is 14.2. The van der Waals surface area contributed by atoms with Gasteiger partial charge in [-0.25, -0.2) is 4.98 Å². The quantitative estimate of drug-likeness (QED) is 0.0164. The molecular formula is C58H101N21O18S2. The van der Waals surface area contributed by atoms with Gasteiger partial charge in [0.1, 0.15) is 66.5 Å². The molecule has 1 heterocycles. The number of aliphatic hydroxyl groups is 2. The minimum absolute atomic E-state index is 0.0308. The highest BCUT2D eigenvalue weighted by Crippen LogP contribution is 2.11. The van der Waals surface area contributed by atoms with Crippen molar-refractivity contribution in [2.24, 2.45) is 39.6 Å². The molecule has 0 saturated carbocycles. The number of carbonyl (C=O) groups is 15. The van der Waals surface area contributed by atoms with Crippen molar-refractivity contribution in [1.29, 1.82) is 0 Å². The summed E-state index contributed by atoms with van der Waals surface area (Å²) in [5.74, 6) is -13.6. The predicted molar refractivity (Wildman–Crippen MR) is 363 cm³/mol. The van der Waals surface area contributed by atoms with E-state index in [4.69, 9.17) is 28.7 Å². The van der Waals surface area contributed by atoms with E-state index in [0.29, 0.717) is 23.6 Å². The highest BCUT2D eigenvalue weighted by molar-refractivity contribution is 7.98. The number of aromatic amines is 1. The van der Waals surface area contributed by atoms with Gasteiger partial charge in [-0.05, 0) is 115 Å². The molecule has 12 atom stereocenters. The second-order valence-corrected chi connectivity index (χ2v) is 25.2. The molecule has 0 unspecified atom stereocenters. The highest BCUT2D eigenvalue weighted by Gasteiger charge is 2.35. The van der Waals surface area contributed by atoms with E-state index in [1.165, 1.54) is 56.8 Å². The van der Waals surface area contributed by atoms with Gasteiger partial charge >= 0.3 is 5.97 Å². The molecule has 99 heavy (non-hydrogen) atoms. The minimum atomic E-state index is -1.69. The Morgan fingerprint density at radius 1 is 0.505 bits per heavy atom. The fourth-order valence-electron chi connectivity index (χ4n) is 8.79. The smallest absolute Gasteiger partial charge is 0.325 e. The summed E-state index contributed by atoms with van der Waals surface area (Å²) in [6.45, 7) is 3.80. The van der Waals surface area contributed by atoms with Crippen LogP contribution in [-0.2, 0) is 78.3 Å². The Balaban J connectivity index is 3.06. The monoisotopic (exact) mass is 1440 g/mol. The number of carboxylic acids is 1. The lowest BCUT2D eigenvalue weighted by Gasteiger charge is -2.27.